The Kier molecular flexibility index (Phi) is 6.68. The highest BCUT2D eigenvalue weighted by Gasteiger charge is 2.52. The van der Waals surface area contributed by atoms with Crippen LogP contribution in [0.4, 0.5) is 5.69 Å². The lowest BCUT2D eigenvalue weighted by molar-refractivity contribution is -0.134. The first-order valence-electron chi connectivity index (χ1n) is 10.8. The van der Waals surface area contributed by atoms with Crippen molar-refractivity contribution in [1.82, 2.24) is 5.48 Å². The lowest BCUT2D eigenvalue weighted by Crippen LogP contribution is -2.54. The number of nitrogens with zero attached hydrogens (tertiary/aromatic N) is 1. The molecule has 0 aliphatic carbocycles. The molecule has 0 unspecified atom stereocenters. The number of ether oxygens (including phenoxy) is 2. The fourth-order valence-corrected chi connectivity index (χ4v) is 6.35. The van der Waals surface area contributed by atoms with Crippen molar-refractivity contribution < 1.29 is 27.9 Å². The highest BCUT2D eigenvalue weighted by atomic mass is 32.2. The van der Waals surface area contributed by atoms with E-state index in [1.807, 2.05) is 30.3 Å². The average Bonchev–Trinajstić information content (AvgIpc) is 2.85. The molecule has 2 aliphatic rings. The van der Waals surface area contributed by atoms with Crippen LogP contribution in [0.3, 0.4) is 0 Å². The normalized spacial score (nSPS) is 19.3. The van der Waals surface area contributed by atoms with Crippen molar-refractivity contribution in [2.24, 2.45) is 0 Å². The van der Waals surface area contributed by atoms with Gasteiger partial charge < -0.3 is 14.4 Å². The largest absolute Gasteiger partial charge is 0.490 e. The van der Waals surface area contributed by atoms with E-state index in [4.69, 9.17) is 14.7 Å². The quantitative estimate of drug-likeness (QED) is 0.504. The van der Waals surface area contributed by atoms with Crippen LogP contribution in [0.2, 0.25) is 0 Å². The van der Waals surface area contributed by atoms with E-state index in [2.05, 4.69) is 4.90 Å². The molecule has 0 spiro atoms. The number of carbonyl (C=O) groups is 1. The van der Waals surface area contributed by atoms with Gasteiger partial charge in [-0.2, -0.15) is 0 Å². The smallest absolute Gasteiger partial charge is 0.265 e. The van der Waals surface area contributed by atoms with Gasteiger partial charge in [0.1, 0.15) is 11.9 Å². The van der Waals surface area contributed by atoms with Gasteiger partial charge in [0.25, 0.3) is 5.91 Å². The topological polar surface area (TPSA) is 105 Å². The van der Waals surface area contributed by atoms with Crippen molar-refractivity contribution >= 4 is 21.4 Å². The molecular weight excluding hydrogens is 432 g/mol. The predicted octanol–water partition coefficient (Wildman–Crippen LogP) is 2.56. The van der Waals surface area contributed by atoms with Crippen molar-refractivity contribution in [2.45, 2.75) is 41.4 Å². The Morgan fingerprint density at radius 3 is 2.25 bits per heavy atom. The van der Waals surface area contributed by atoms with Crippen LogP contribution in [-0.2, 0) is 19.4 Å². The van der Waals surface area contributed by atoms with Gasteiger partial charge in [-0.1, -0.05) is 18.2 Å². The molecule has 0 atom stereocenters. The van der Waals surface area contributed by atoms with E-state index in [1.165, 1.54) is 0 Å². The predicted molar refractivity (Wildman–Crippen MR) is 119 cm³/mol. The number of hydroxylamine groups is 1. The number of rotatable bonds is 6. The summed E-state index contributed by atoms with van der Waals surface area (Å²) in [5.74, 6) is -0.0418. The summed E-state index contributed by atoms with van der Waals surface area (Å²) >= 11 is 0. The second-order valence-electron chi connectivity index (χ2n) is 8.16. The van der Waals surface area contributed by atoms with Crippen LogP contribution < -0.4 is 15.1 Å². The summed E-state index contributed by atoms with van der Waals surface area (Å²) in [4.78, 5) is 14.6. The Balaban J connectivity index is 1.44. The van der Waals surface area contributed by atoms with E-state index >= 15 is 0 Å². The zero-order valence-corrected chi connectivity index (χ0v) is 18.6. The molecule has 0 bridgehead atoms. The fraction of sp³-hybridized carbons (Fsp3) is 0.435. The Morgan fingerprint density at radius 2 is 1.66 bits per heavy atom. The summed E-state index contributed by atoms with van der Waals surface area (Å²) in [6.07, 6.45) is 1.89. The van der Waals surface area contributed by atoms with Crippen molar-refractivity contribution in [3.05, 3.63) is 54.6 Å². The maximum atomic E-state index is 13.4. The van der Waals surface area contributed by atoms with Gasteiger partial charge in [0, 0.05) is 44.8 Å². The van der Waals surface area contributed by atoms with Gasteiger partial charge in [-0.05, 0) is 49.2 Å². The van der Waals surface area contributed by atoms with Crippen LogP contribution in [0.5, 0.6) is 5.75 Å². The number of anilines is 1. The van der Waals surface area contributed by atoms with Crippen LogP contribution in [0.25, 0.3) is 0 Å². The summed E-state index contributed by atoms with van der Waals surface area (Å²) in [6.45, 7) is 1.89. The molecular formula is C23H28N2O6S. The first-order chi connectivity index (χ1) is 15.5. The molecule has 2 aliphatic heterocycles. The number of carbonyl (C=O) groups excluding carboxylic acids is 1. The maximum Gasteiger partial charge on any atom is 0.265 e. The number of nitrogens with one attached hydrogen (secondary N) is 1. The zero-order chi connectivity index (χ0) is 22.6. The van der Waals surface area contributed by atoms with Gasteiger partial charge in [0.05, 0.1) is 4.90 Å². The lowest BCUT2D eigenvalue weighted by Gasteiger charge is -2.35. The summed E-state index contributed by atoms with van der Waals surface area (Å²) in [6, 6.07) is 16.4. The van der Waals surface area contributed by atoms with E-state index in [0.717, 1.165) is 37.4 Å². The molecule has 8 nitrogen and oxygen atoms in total. The van der Waals surface area contributed by atoms with Gasteiger partial charge in [0.15, 0.2) is 14.6 Å². The van der Waals surface area contributed by atoms with E-state index in [-0.39, 0.29) is 37.1 Å². The van der Waals surface area contributed by atoms with Crippen molar-refractivity contribution in [3.8, 4) is 5.75 Å². The van der Waals surface area contributed by atoms with Gasteiger partial charge in [-0.3, -0.25) is 10.0 Å². The second-order valence-corrected chi connectivity index (χ2v) is 10.4. The SMILES string of the molecule is O=C(NO)C1(S(=O)(=O)c2ccc(N3CCC(Oc4ccccc4)CC3)cc2)CCOCC1. The molecule has 1 amide bonds. The summed E-state index contributed by atoms with van der Waals surface area (Å²) in [5, 5.41) is 9.17. The van der Waals surface area contributed by atoms with Crippen molar-refractivity contribution in [3.63, 3.8) is 0 Å². The van der Waals surface area contributed by atoms with Crippen LogP contribution in [0.1, 0.15) is 25.7 Å². The van der Waals surface area contributed by atoms with E-state index in [1.54, 1.807) is 29.7 Å². The third-order valence-corrected chi connectivity index (χ3v) is 8.85. The highest BCUT2D eigenvalue weighted by Crippen LogP contribution is 2.36. The van der Waals surface area contributed by atoms with Crippen LogP contribution >= 0.6 is 0 Å². The van der Waals surface area contributed by atoms with Crippen LogP contribution in [-0.4, -0.2) is 56.7 Å². The molecule has 9 heteroatoms. The molecule has 32 heavy (non-hydrogen) atoms. The number of benzene rings is 2. The Morgan fingerprint density at radius 1 is 1.03 bits per heavy atom. The van der Waals surface area contributed by atoms with Gasteiger partial charge in [-0.25, -0.2) is 13.9 Å². The molecule has 0 saturated carbocycles. The zero-order valence-electron chi connectivity index (χ0n) is 17.8. The van der Waals surface area contributed by atoms with Crippen LogP contribution in [0, 0.1) is 0 Å². The monoisotopic (exact) mass is 460 g/mol. The molecule has 4 rings (SSSR count). The Hall–Kier alpha value is -2.62. The van der Waals surface area contributed by atoms with E-state index in [0.29, 0.717) is 0 Å². The van der Waals surface area contributed by atoms with Crippen LogP contribution in [0.15, 0.2) is 59.5 Å². The first-order valence-corrected chi connectivity index (χ1v) is 12.3. The van der Waals surface area contributed by atoms with Gasteiger partial charge in [0.2, 0.25) is 0 Å². The standard InChI is InChI=1S/C23H28N2O6S/c26-22(24-27)23(12-16-30-17-13-23)32(28,29)21-8-6-18(7-9-21)25-14-10-20(11-15-25)31-19-4-2-1-3-5-19/h1-9,20,27H,10-17H2,(H,24,26). The second kappa shape index (κ2) is 9.48. The Labute approximate surface area is 188 Å². The lowest BCUT2D eigenvalue weighted by atomic mass is 9.98. The Bertz CT molecular complexity index is 1010. The number of sulfone groups is 1. The molecule has 2 fully saturated rings. The van der Waals surface area contributed by atoms with Crippen molar-refractivity contribution in [2.75, 3.05) is 31.2 Å². The van der Waals surface area contributed by atoms with Gasteiger partial charge in [-0.15, -0.1) is 0 Å². The number of para-hydroxylation sites is 1. The minimum Gasteiger partial charge on any atom is -0.490 e. The molecule has 2 heterocycles. The minimum atomic E-state index is -4.02. The van der Waals surface area contributed by atoms with E-state index < -0.39 is 20.5 Å². The van der Waals surface area contributed by atoms with Crippen molar-refractivity contribution in [1.29, 1.82) is 0 Å². The average molecular weight is 461 g/mol. The maximum absolute atomic E-state index is 13.4. The van der Waals surface area contributed by atoms with E-state index in [9.17, 15) is 13.2 Å². The number of amides is 1. The number of piperidine rings is 1. The molecule has 2 aromatic carbocycles. The third-order valence-electron chi connectivity index (χ3n) is 6.33. The molecule has 2 saturated heterocycles. The molecule has 0 radical (unpaired) electrons. The minimum absolute atomic E-state index is 0.00158. The molecule has 172 valence electrons. The third kappa shape index (κ3) is 4.32. The summed E-state index contributed by atoms with van der Waals surface area (Å²) in [7, 11) is -4.02. The number of hydrogen-bond donors (Lipinski definition) is 2. The molecule has 0 aromatic heterocycles. The fourth-order valence-electron chi connectivity index (χ4n) is 4.41. The molecule has 2 N–H and O–H groups in total. The summed E-state index contributed by atoms with van der Waals surface area (Å²) in [5.41, 5.74) is 2.47. The first kappa shape index (κ1) is 22.6. The molecule has 2 aromatic rings. The highest BCUT2D eigenvalue weighted by molar-refractivity contribution is 7.93. The number of hydrogen-bond acceptors (Lipinski definition) is 7. The summed E-state index contributed by atoms with van der Waals surface area (Å²) < 4.78 is 36.3. The van der Waals surface area contributed by atoms with Gasteiger partial charge >= 0.3 is 0 Å².